The van der Waals surface area contributed by atoms with Crippen molar-refractivity contribution in [1.29, 1.82) is 0 Å². The highest BCUT2D eigenvalue weighted by Gasteiger charge is 2.61. The van der Waals surface area contributed by atoms with Gasteiger partial charge in [0, 0.05) is 13.8 Å². The molecule has 10 nitrogen and oxygen atoms in total. The van der Waals surface area contributed by atoms with Crippen molar-refractivity contribution in [1.82, 2.24) is 4.90 Å². The number of hydrogen-bond acceptors (Lipinski definition) is 9. The average molecular weight is 385 g/mol. The van der Waals surface area contributed by atoms with Gasteiger partial charge in [-0.2, -0.15) is 0 Å². The van der Waals surface area contributed by atoms with Crippen LogP contribution in [-0.4, -0.2) is 71.7 Å². The van der Waals surface area contributed by atoms with Crippen molar-refractivity contribution >= 4 is 29.6 Å². The number of carbonyl (C=O) groups is 5. The Kier molecular flexibility index (Phi) is 5.88. The molecule has 2 aliphatic heterocycles. The average Bonchev–Trinajstić information content (AvgIpc) is 2.51. The standard InChI is InChI=1S/C17H23NO9/c1-8(19)24-6-10-14(22)18-12(16(23)27-17(3,4)5)13(21)11(26-15(10)18)7-25-9(2)20/h10-12,15H,6-7H2,1-5H3/t10-,11-,12?,15-/m0/s1. The highest BCUT2D eigenvalue weighted by molar-refractivity contribution is 6.10. The molecule has 2 heterocycles. The highest BCUT2D eigenvalue weighted by Crippen LogP contribution is 2.36. The van der Waals surface area contributed by atoms with Crippen LogP contribution in [0.1, 0.15) is 34.6 Å². The molecule has 0 N–H and O–H groups in total. The Bertz CT molecular complexity index is 666. The number of ether oxygens (including phenoxy) is 4. The van der Waals surface area contributed by atoms with Crippen molar-refractivity contribution in [2.24, 2.45) is 5.92 Å². The molecule has 2 saturated heterocycles. The van der Waals surface area contributed by atoms with E-state index in [1.165, 1.54) is 13.8 Å². The molecule has 0 bridgehead atoms. The zero-order chi connectivity index (χ0) is 20.5. The summed E-state index contributed by atoms with van der Waals surface area (Å²) in [6.45, 7) is 6.61. The summed E-state index contributed by atoms with van der Waals surface area (Å²) in [4.78, 5) is 60.7. The SMILES string of the molecule is CC(=O)OC[C@@H]1O[C@H]2[C@@H](COC(C)=O)C(=O)N2C(C(=O)OC(C)(C)C)C1=O. The van der Waals surface area contributed by atoms with Gasteiger partial charge in [-0.15, -0.1) is 0 Å². The second kappa shape index (κ2) is 7.63. The number of Topliss-reactive ketones (excluding diaryl/α,β-unsaturated/α-hetero) is 1. The number of rotatable bonds is 5. The van der Waals surface area contributed by atoms with Crippen LogP contribution in [0, 0.1) is 5.92 Å². The molecule has 0 aromatic rings. The first-order valence-corrected chi connectivity index (χ1v) is 8.43. The summed E-state index contributed by atoms with van der Waals surface area (Å²) in [5, 5.41) is 0. The first kappa shape index (κ1) is 20.8. The summed E-state index contributed by atoms with van der Waals surface area (Å²) in [5.41, 5.74) is -0.873. The molecule has 10 heteroatoms. The molecule has 1 amide bonds. The first-order chi connectivity index (χ1) is 12.4. The van der Waals surface area contributed by atoms with Crippen molar-refractivity contribution < 1.29 is 42.9 Å². The van der Waals surface area contributed by atoms with Crippen LogP contribution in [0.4, 0.5) is 0 Å². The fourth-order valence-electron chi connectivity index (χ4n) is 2.80. The Labute approximate surface area is 156 Å². The minimum atomic E-state index is -1.51. The summed E-state index contributed by atoms with van der Waals surface area (Å²) in [6, 6.07) is -1.51. The molecule has 27 heavy (non-hydrogen) atoms. The molecule has 1 unspecified atom stereocenters. The van der Waals surface area contributed by atoms with Gasteiger partial charge in [0.25, 0.3) is 0 Å². The predicted octanol–water partition coefficient (Wildman–Crippen LogP) is -0.425. The van der Waals surface area contributed by atoms with Crippen molar-refractivity contribution in [2.75, 3.05) is 13.2 Å². The van der Waals surface area contributed by atoms with Crippen LogP contribution in [-0.2, 0) is 42.9 Å². The zero-order valence-electron chi connectivity index (χ0n) is 15.8. The molecule has 0 aromatic heterocycles. The quantitative estimate of drug-likeness (QED) is 0.268. The zero-order valence-corrected chi connectivity index (χ0v) is 15.8. The fraction of sp³-hybridized carbons (Fsp3) is 0.706. The summed E-state index contributed by atoms with van der Waals surface area (Å²) in [6.07, 6.45) is -2.20. The number of fused-ring (bicyclic) bond motifs is 1. The maximum absolute atomic E-state index is 12.7. The minimum absolute atomic E-state index is 0.245. The normalized spacial score (nSPS) is 27.4. The van der Waals surface area contributed by atoms with E-state index in [-0.39, 0.29) is 6.61 Å². The molecule has 2 fully saturated rings. The van der Waals surface area contributed by atoms with E-state index in [4.69, 9.17) is 18.9 Å². The van der Waals surface area contributed by atoms with Crippen LogP contribution in [0.2, 0.25) is 0 Å². The Balaban J connectivity index is 2.23. The maximum atomic E-state index is 12.7. The third-order valence-electron chi connectivity index (χ3n) is 3.89. The molecule has 2 aliphatic rings. The van der Waals surface area contributed by atoms with Gasteiger partial charge >= 0.3 is 17.9 Å². The third kappa shape index (κ3) is 4.62. The Hall–Kier alpha value is -2.49. The number of amides is 1. The summed E-state index contributed by atoms with van der Waals surface area (Å²) < 4.78 is 20.5. The van der Waals surface area contributed by atoms with Crippen LogP contribution in [0.15, 0.2) is 0 Å². The first-order valence-electron chi connectivity index (χ1n) is 8.43. The van der Waals surface area contributed by atoms with Crippen LogP contribution < -0.4 is 0 Å². The number of nitrogens with zero attached hydrogens (tertiary/aromatic N) is 1. The van der Waals surface area contributed by atoms with Gasteiger partial charge in [0.05, 0.1) is 0 Å². The van der Waals surface area contributed by atoms with Crippen molar-refractivity contribution in [2.45, 2.75) is 58.6 Å². The van der Waals surface area contributed by atoms with Crippen LogP contribution in [0.25, 0.3) is 0 Å². The number of ketones is 1. The number of hydrogen-bond donors (Lipinski definition) is 0. The maximum Gasteiger partial charge on any atom is 0.337 e. The van der Waals surface area contributed by atoms with Crippen LogP contribution in [0.5, 0.6) is 0 Å². The Morgan fingerprint density at radius 3 is 2.11 bits per heavy atom. The van der Waals surface area contributed by atoms with E-state index >= 15 is 0 Å². The molecule has 0 aliphatic carbocycles. The minimum Gasteiger partial charge on any atom is -0.465 e. The van der Waals surface area contributed by atoms with Crippen molar-refractivity contribution in [3.05, 3.63) is 0 Å². The lowest BCUT2D eigenvalue weighted by Gasteiger charge is -2.52. The lowest BCUT2D eigenvalue weighted by Crippen LogP contribution is -2.75. The Morgan fingerprint density at radius 1 is 1.04 bits per heavy atom. The van der Waals surface area contributed by atoms with Gasteiger partial charge in [-0.25, -0.2) is 4.79 Å². The van der Waals surface area contributed by atoms with Gasteiger partial charge in [-0.1, -0.05) is 0 Å². The molecule has 4 atom stereocenters. The second-order valence-electron chi connectivity index (χ2n) is 7.31. The van der Waals surface area contributed by atoms with Crippen LogP contribution in [0.3, 0.4) is 0 Å². The smallest absolute Gasteiger partial charge is 0.337 e. The summed E-state index contributed by atoms with van der Waals surface area (Å²) >= 11 is 0. The third-order valence-corrected chi connectivity index (χ3v) is 3.89. The molecule has 0 radical (unpaired) electrons. The van der Waals surface area contributed by atoms with Gasteiger partial charge < -0.3 is 18.9 Å². The monoisotopic (exact) mass is 385 g/mol. The van der Waals surface area contributed by atoms with E-state index < -0.39 is 66.1 Å². The topological polar surface area (TPSA) is 126 Å². The molecular weight excluding hydrogens is 362 g/mol. The van der Waals surface area contributed by atoms with Crippen molar-refractivity contribution in [3.8, 4) is 0 Å². The Morgan fingerprint density at radius 2 is 1.59 bits per heavy atom. The number of carbonyl (C=O) groups excluding carboxylic acids is 5. The molecule has 0 saturated carbocycles. The second-order valence-corrected chi connectivity index (χ2v) is 7.31. The van der Waals surface area contributed by atoms with E-state index in [0.29, 0.717) is 0 Å². The molecule has 0 spiro atoms. The summed E-state index contributed by atoms with van der Waals surface area (Å²) in [7, 11) is 0. The van der Waals surface area contributed by atoms with Gasteiger partial charge in [0.1, 0.15) is 31.0 Å². The lowest BCUT2D eigenvalue weighted by atomic mass is 9.88. The van der Waals surface area contributed by atoms with Gasteiger partial charge in [-0.3, -0.25) is 24.1 Å². The van der Waals surface area contributed by atoms with E-state index in [1.54, 1.807) is 20.8 Å². The molecule has 2 rings (SSSR count). The largest absolute Gasteiger partial charge is 0.465 e. The predicted molar refractivity (Wildman–Crippen MR) is 86.9 cm³/mol. The molecule has 0 aromatic carbocycles. The fourth-order valence-corrected chi connectivity index (χ4v) is 2.80. The van der Waals surface area contributed by atoms with Gasteiger partial charge in [-0.05, 0) is 20.8 Å². The van der Waals surface area contributed by atoms with Gasteiger partial charge in [0.15, 0.2) is 17.9 Å². The molecular formula is C17H23NO9. The van der Waals surface area contributed by atoms with E-state index in [2.05, 4.69) is 0 Å². The van der Waals surface area contributed by atoms with E-state index in [0.717, 1.165) is 4.90 Å². The van der Waals surface area contributed by atoms with Gasteiger partial charge in [0.2, 0.25) is 5.91 Å². The van der Waals surface area contributed by atoms with E-state index in [9.17, 15) is 24.0 Å². The lowest BCUT2D eigenvalue weighted by molar-refractivity contribution is -0.243. The summed E-state index contributed by atoms with van der Waals surface area (Å²) in [5.74, 6) is -4.24. The van der Waals surface area contributed by atoms with Crippen molar-refractivity contribution in [3.63, 3.8) is 0 Å². The van der Waals surface area contributed by atoms with E-state index in [1.807, 2.05) is 0 Å². The number of β-lactam (4-membered cyclic amide) rings is 1. The molecule has 150 valence electrons. The highest BCUT2D eigenvalue weighted by atomic mass is 16.6. The number of esters is 3. The van der Waals surface area contributed by atoms with Crippen LogP contribution >= 0.6 is 0 Å².